The largest absolute Gasteiger partial charge is 0.377 e. The van der Waals surface area contributed by atoms with E-state index in [0.717, 1.165) is 5.69 Å². The fourth-order valence-corrected chi connectivity index (χ4v) is 2.17. The third kappa shape index (κ3) is 3.03. The fraction of sp³-hybridized carbons (Fsp3) is 0.571. The summed E-state index contributed by atoms with van der Waals surface area (Å²) in [5, 5.41) is 12.4. The average Bonchev–Trinajstić information content (AvgIpc) is 3.26. The second-order valence-electron chi connectivity index (χ2n) is 5.01. The highest BCUT2D eigenvalue weighted by Crippen LogP contribution is 2.39. The van der Waals surface area contributed by atoms with Crippen molar-refractivity contribution in [3.8, 4) is 6.07 Å². The molecule has 2 fully saturated rings. The number of ether oxygens (including phenoxy) is 2. The molecule has 0 radical (unpaired) electrons. The van der Waals surface area contributed by atoms with Gasteiger partial charge in [-0.05, 0) is 25.0 Å². The molecule has 1 aromatic heterocycles. The molecule has 0 spiro atoms. The zero-order valence-corrected chi connectivity index (χ0v) is 10.8. The Morgan fingerprint density at radius 2 is 1.95 bits per heavy atom. The highest BCUT2D eigenvalue weighted by molar-refractivity contribution is 5.53. The Morgan fingerprint density at radius 1 is 1.21 bits per heavy atom. The average molecular weight is 259 g/mol. The van der Waals surface area contributed by atoms with Crippen molar-refractivity contribution >= 4 is 5.82 Å². The molecule has 19 heavy (non-hydrogen) atoms. The molecular formula is C14H17N3O2. The molecule has 0 aromatic carbocycles. The molecule has 0 amide bonds. The Morgan fingerprint density at radius 3 is 2.58 bits per heavy atom. The van der Waals surface area contributed by atoms with Crippen LogP contribution in [0, 0.1) is 11.3 Å². The van der Waals surface area contributed by atoms with Gasteiger partial charge in [0, 0.05) is 11.6 Å². The second-order valence-corrected chi connectivity index (χ2v) is 5.01. The quantitative estimate of drug-likeness (QED) is 0.894. The molecule has 100 valence electrons. The lowest BCUT2D eigenvalue weighted by Gasteiger charge is -2.17. The van der Waals surface area contributed by atoms with Gasteiger partial charge in [-0.3, -0.25) is 0 Å². The van der Waals surface area contributed by atoms with Gasteiger partial charge in [0.15, 0.2) is 0 Å². The molecule has 1 saturated heterocycles. The van der Waals surface area contributed by atoms with Gasteiger partial charge in [0.1, 0.15) is 11.9 Å². The number of nitrogens with zero attached hydrogens (tertiary/aromatic N) is 2. The lowest BCUT2D eigenvalue weighted by atomic mass is 10.2. The Labute approximate surface area is 112 Å². The molecule has 1 aromatic rings. The van der Waals surface area contributed by atoms with E-state index >= 15 is 0 Å². The van der Waals surface area contributed by atoms with Crippen LogP contribution >= 0.6 is 0 Å². The van der Waals surface area contributed by atoms with E-state index in [1.54, 1.807) is 0 Å². The van der Waals surface area contributed by atoms with E-state index in [0.29, 0.717) is 43.7 Å². The van der Waals surface area contributed by atoms with Crippen molar-refractivity contribution in [3.05, 3.63) is 23.4 Å². The summed E-state index contributed by atoms with van der Waals surface area (Å²) >= 11 is 0. The summed E-state index contributed by atoms with van der Waals surface area (Å²) in [6, 6.07) is 6.04. The highest BCUT2D eigenvalue weighted by atomic mass is 16.5. The first-order valence-electron chi connectivity index (χ1n) is 6.70. The van der Waals surface area contributed by atoms with Crippen LogP contribution in [0.25, 0.3) is 0 Å². The van der Waals surface area contributed by atoms with Crippen molar-refractivity contribution in [1.29, 1.82) is 5.26 Å². The van der Waals surface area contributed by atoms with Crippen molar-refractivity contribution in [2.24, 2.45) is 0 Å². The Kier molecular flexibility index (Phi) is 3.62. The van der Waals surface area contributed by atoms with Crippen molar-refractivity contribution in [2.45, 2.75) is 24.8 Å². The summed E-state index contributed by atoms with van der Waals surface area (Å²) in [6.07, 6.45) is 2.40. The van der Waals surface area contributed by atoms with Crippen LogP contribution in [0.1, 0.15) is 30.0 Å². The van der Waals surface area contributed by atoms with Crippen LogP contribution < -0.4 is 5.32 Å². The van der Waals surface area contributed by atoms with Gasteiger partial charge >= 0.3 is 0 Å². The van der Waals surface area contributed by atoms with Gasteiger partial charge in [0.25, 0.3) is 0 Å². The summed E-state index contributed by atoms with van der Waals surface area (Å²) in [6.45, 7) is 2.41. The van der Waals surface area contributed by atoms with E-state index < -0.39 is 0 Å². The molecule has 5 nitrogen and oxygen atoms in total. The van der Waals surface area contributed by atoms with Crippen molar-refractivity contribution in [1.82, 2.24) is 4.98 Å². The molecule has 5 heteroatoms. The Hall–Kier alpha value is -1.64. The van der Waals surface area contributed by atoms with Crippen LogP contribution in [0.5, 0.6) is 0 Å². The number of anilines is 1. The minimum Gasteiger partial charge on any atom is -0.377 e. The van der Waals surface area contributed by atoms with Crippen LogP contribution in [-0.2, 0) is 9.47 Å². The van der Waals surface area contributed by atoms with E-state index in [4.69, 9.17) is 14.7 Å². The van der Waals surface area contributed by atoms with Crippen molar-refractivity contribution in [2.75, 3.05) is 31.7 Å². The molecule has 1 saturated carbocycles. The molecular weight excluding hydrogens is 242 g/mol. The maximum Gasteiger partial charge on any atom is 0.144 e. The SMILES string of the molecule is N#Cc1ccc(C2CC2)nc1NC1COCCOC1. The van der Waals surface area contributed by atoms with Crippen LogP contribution in [0.4, 0.5) is 5.82 Å². The van der Waals surface area contributed by atoms with Crippen LogP contribution in [0.3, 0.4) is 0 Å². The summed E-state index contributed by atoms with van der Waals surface area (Å²) < 4.78 is 10.9. The first-order chi connectivity index (χ1) is 9.36. The van der Waals surface area contributed by atoms with E-state index in [2.05, 4.69) is 16.4 Å². The first kappa shape index (κ1) is 12.4. The number of nitriles is 1. The van der Waals surface area contributed by atoms with Crippen LogP contribution in [-0.4, -0.2) is 37.5 Å². The zero-order valence-electron chi connectivity index (χ0n) is 10.8. The Bertz CT molecular complexity index is 486. The van der Waals surface area contributed by atoms with E-state index in [1.807, 2.05) is 12.1 Å². The second kappa shape index (κ2) is 5.55. The number of pyridine rings is 1. The standard InChI is InChI=1S/C14H17N3O2/c15-7-11-3-4-13(10-1-2-10)17-14(11)16-12-8-18-5-6-19-9-12/h3-4,10,12H,1-2,5-6,8-9H2,(H,16,17). The third-order valence-electron chi connectivity index (χ3n) is 3.38. The zero-order chi connectivity index (χ0) is 13.1. The van der Waals surface area contributed by atoms with Gasteiger partial charge in [-0.15, -0.1) is 0 Å². The molecule has 2 heterocycles. The van der Waals surface area contributed by atoms with Gasteiger partial charge < -0.3 is 14.8 Å². The molecule has 1 N–H and O–H groups in total. The monoisotopic (exact) mass is 259 g/mol. The van der Waals surface area contributed by atoms with Crippen molar-refractivity contribution < 1.29 is 9.47 Å². The number of aromatic nitrogens is 1. The van der Waals surface area contributed by atoms with E-state index in [-0.39, 0.29) is 6.04 Å². The molecule has 0 unspecified atom stereocenters. The van der Waals surface area contributed by atoms with Crippen molar-refractivity contribution in [3.63, 3.8) is 0 Å². The molecule has 2 aliphatic rings. The molecule has 0 bridgehead atoms. The Balaban J connectivity index is 1.77. The molecule has 1 aliphatic carbocycles. The normalized spacial score (nSPS) is 20.6. The number of nitrogens with one attached hydrogen (secondary N) is 1. The first-order valence-corrected chi connectivity index (χ1v) is 6.70. The topological polar surface area (TPSA) is 67.2 Å². The van der Waals surface area contributed by atoms with Gasteiger partial charge in [0.2, 0.25) is 0 Å². The fourth-order valence-electron chi connectivity index (χ4n) is 2.17. The number of rotatable bonds is 3. The maximum absolute atomic E-state index is 9.16. The highest BCUT2D eigenvalue weighted by Gasteiger charge is 2.26. The molecule has 0 atom stereocenters. The van der Waals surface area contributed by atoms with Crippen LogP contribution in [0.15, 0.2) is 12.1 Å². The van der Waals surface area contributed by atoms with E-state index in [9.17, 15) is 0 Å². The summed E-state index contributed by atoms with van der Waals surface area (Å²) in [7, 11) is 0. The van der Waals surface area contributed by atoms with Gasteiger partial charge in [0.05, 0.1) is 38.0 Å². The number of hydrogen-bond acceptors (Lipinski definition) is 5. The smallest absolute Gasteiger partial charge is 0.144 e. The molecule has 1 aliphatic heterocycles. The minimum atomic E-state index is 0.0524. The predicted molar refractivity (Wildman–Crippen MR) is 70.0 cm³/mol. The predicted octanol–water partition coefficient (Wildman–Crippen LogP) is 1.66. The van der Waals surface area contributed by atoms with Crippen LogP contribution in [0.2, 0.25) is 0 Å². The lowest BCUT2D eigenvalue weighted by Crippen LogP contribution is -2.29. The molecule has 3 rings (SSSR count). The minimum absolute atomic E-state index is 0.0524. The summed E-state index contributed by atoms with van der Waals surface area (Å²) in [5.74, 6) is 1.24. The lowest BCUT2D eigenvalue weighted by molar-refractivity contribution is 0.103. The van der Waals surface area contributed by atoms with E-state index in [1.165, 1.54) is 12.8 Å². The summed E-state index contributed by atoms with van der Waals surface area (Å²) in [4.78, 5) is 4.59. The maximum atomic E-state index is 9.16. The van der Waals surface area contributed by atoms with Gasteiger partial charge in [-0.2, -0.15) is 5.26 Å². The van der Waals surface area contributed by atoms with Gasteiger partial charge in [-0.25, -0.2) is 4.98 Å². The third-order valence-corrected chi connectivity index (χ3v) is 3.38. The number of hydrogen-bond donors (Lipinski definition) is 1. The van der Waals surface area contributed by atoms with Gasteiger partial charge in [-0.1, -0.05) is 0 Å². The summed E-state index contributed by atoms with van der Waals surface area (Å²) in [5.41, 5.74) is 1.66.